The number of ether oxygens (including phenoxy) is 1. The van der Waals surface area contributed by atoms with Crippen LogP contribution in [-0.4, -0.2) is 49.8 Å². The van der Waals surface area contributed by atoms with Gasteiger partial charge < -0.3 is 9.64 Å². The molecular formula is C16H31N3O. The van der Waals surface area contributed by atoms with Gasteiger partial charge in [0.05, 0.1) is 12.2 Å². The minimum atomic E-state index is -0.333. The Bertz CT molecular complexity index is 297. The van der Waals surface area contributed by atoms with Crippen molar-refractivity contribution in [1.29, 1.82) is 5.26 Å². The predicted molar refractivity (Wildman–Crippen MR) is 82.6 cm³/mol. The van der Waals surface area contributed by atoms with E-state index in [1.165, 1.54) is 12.8 Å². The number of nitrogens with zero attached hydrogens (tertiary/aromatic N) is 2. The minimum Gasteiger partial charge on any atom is -0.377 e. The molecule has 116 valence electrons. The van der Waals surface area contributed by atoms with Crippen molar-refractivity contribution in [2.45, 2.75) is 64.0 Å². The van der Waals surface area contributed by atoms with Crippen LogP contribution in [0.3, 0.4) is 0 Å². The molecule has 2 unspecified atom stereocenters. The number of nitrogens with one attached hydrogen (secondary N) is 1. The average Bonchev–Trinajstić information content (AvgIpc) is 2.96. The first-order valence-corrected chi connectivity index (χ1v) is 8.12. The number of likely N-dealkylation sites (N-methyl/N-ethyl adjacent to an activating group) is 1. The zero-order valence-corrected chi connectivity index (χ0v) is 13.5. The summed E-state index contributed by atoms with van der Waals surface area (Å²) in [6.07, 6.45) is 6.75. The van der Waals surface area contributed by atoms with E-state index in [0.29, 0.717) is 6.10 Å². The molecule has 4 heteroatoms. The van der Waals surface area contributed by atoms with E-state index in [4.69, 9.17) is 4.74 Å². The van der Waals surface area contributed by atoms with Crippen LogP contribution in [-0.2, 0) is 4.74 Å². The zero-order chi connectivity index (χ0) is 14.8. The Morgan fingerprint density at radius 3 is 2.80 bits per heavy atom. The van der Waals surface area contributed by atoms with Crippen LogP contribution in [0.4, 0.5) is 0 Å². The van der Waals surface area contributed by atoms with Gasteiger partial charge in [0.25, 0.3) is 0 Å². The molecule has 1 fully saturated rings. The van der Waals surface area contributed by atoms with Crippen molar-refractivity contribution < 1.29 is 4.74 Å². The molecule has 20 heavy (non-hydrogen) atoms. The lowest BCUT2D eigenvalue weighted by Gasteiger charge is -2.28. The van der Waals surface area contributed by atoms with Gasteiger partial charge in [-0.15, -0.1) is 0 Å². The second kappa shape index (κ2) is 9.33. The molecule has 0 spiro atoms. The number of nitriles is 1. The lowest BCUT2D eigenvalue weighted by molar-refractivity contribution is 0.0803. The van der Waals surface area contributed by atoms with Crippen LogP contribution in [0.15, 0.2) is 0 Å². The van der Waals surface area contributed by atoms with Crippen LogP contribution in [0, 0.1) is 11.3 Å². The third-order valence-corrected chi connectivity index (χ3v) is 4.21. The predicted octanol–water partition coefficient (Wildman–Crippen LogP) is 2.55. The monoisotopic (exact) mass is 281 g/mol. The van der Waals surface area contributed by atoms with E-state index in [0.717, 1.165) is 51.9 Å². The smallest absolute Gasteiger partial charge is 0.106 e. The molecule has 0 aromatic heterocycles. The van der Waals surface area contributed by atoms with Gasteiger partial charge in [-0.1, -0.05) is 13.8 Å². The first-order valence-electron chi connectivity index (χ1n) is 8.12. The summed E-state index contributed by atoms with van der Waals surface area (Å²) in [5, 5.41) is 12.9. The summed E-state index contributed by atoms with van der Waals surface area (Å²) in [6, 6.07) is 2.49. The van der Waals surface area contributed by atoms with E-state index in [1.54, 1.807) is 0 Å². The first kappa shape index (κ1) is 17.4. The summed E-state index contributed by atoms with van der Waals surface area (Å²) < 4.78 is 5.66. The van der Waals surface area contributed by atoms with Crippen molar-refractivity contribution >= 4 is 0 Å². The van der Waals surface area contributed by atoms with Gasteiger partial charge in [-0.2, -0.15) is 5.26 Å². The number of hydrogen-bond acceptors (Lipinski definition) is 4. The van der Waals surface area contributed by atoms with Gasteiger partial charge in [-0.25, -0.2) is 0 Å². The molecular weight excluding hydrogens is 250 g/mol. The fraction of sp³-hybridized carbons (Fsp3) is 0.938. The summed E-state index contributed by atoms with van der Waals surface area (Å²) in [5.74, 6) is 0. The van der Waals surface area contributed by atoms with Crippen LogP contribution in [0.1, 0.15) is 52.4 Å². The molecule has 1 rings (SSSR count). The number of hydrogen-bond donors (Lipinski definition) is 1. The average molecular weight is 281 g/mol. The Hall–Kier alpha value is -0.630. The fourth-order valence-corrected chi connectivity index (χ4v) is 2.81. The molecule has 0 saturated carbocycles. The van der Waals surface area contributed by atoms with Crippen molar-refractivity contribution in [3.05, 3.63) is 0 Å². The SMILES string of the molecule is CCCNC(C#N)(CC)CCCN(C)CC1CCCO1. The zero-order valence-electron chi connectivity index (χ0n) is 13.5. The largest absolute Gasteiger partial charge is 0.377 e. The fourth-order valence-electron chi connectivity index (χ4n) is 2.81. The van der Waals surface area contributed by atoms with Gasteiger partial charge in [-0.3, -0.25) is 5.32 Å². The van der Waals surface area contributed by atoms with Crippen LogP contribution < -0.4 is 5.32 Å². The Morgan fingerprint density at radius 1 is 1.45 bits per heavy atom. The molecule has 4 nitrogen and oxygen atoms in total. The molecule has 1 N–H and O–H groups in total. The van der Waals surface area contributed by atoms with Crippen molar-refractivity contribution in [3.63, 3.8) is 0 Å². The molecule has 0 aromatic rings. The molecule has 0 radical (unpaired) electrons. The van der Waals surface area contributed by atoms with Gasteiger partial charge in [0.15, 0.2) is 0 Å². The molecule has 1 aliphatic heterocycles. The molecule has 1 heterocycles. The van der Waals surface area contributed by atoms with Crippen LogP contribution >= 0.6 is 0 Å². The quantitative estimate of drug-likeness (QED) is 0.668. The third-order valence-electron chi connectivity index (χ3n) is 4.21. The lowest BCUT2D eigenvalue weighted by atomic mass is 9.91. The lowest BCUT2D eigenvalue weighted by Crippen LogP contribution is -2.44. The van der Waals surface area contributed by atoms with Crippen molar-refractivity contribution in [1.82, 2.24) is 10.2 Å². The normalized spacial score (nSPS) is 21.9. The highest BCUT2D eigenvalue weighted by Crippen LogP contribution is 2.18. The maximum atomic E-state index is 9.45. The van der Waals surface area contributed by atoms with Crippen LogP contribution in [0.25, 0.3) is 0 Å². The molecule has 0 bridgehead atoms. The molecule has 2 atom stereocenters. The number of rotatable bonds is 10. The molecule has 0 amide bonds. The van der Waals surface area contributed by atoms with Gasteiger partial charge in [0.2, 0.25) is 0 Å². The van der Waals surface area contributed by atoms with Gasteiger partial charge in [-0.05, 0) is 58.7 Å². The van der Waals surface area contributed by atoms with E-state index in [2.05, 4.69) is 37.2 Å². The van der Waals surface area contributed by atoms with Crippen molar-refractivity contribution in [3.8, 4) is 6.07 Å². The Balaban J connectivity index is 2.26. The molecule has 1 saturated heterocycles. The van der Waals surface area contributed by atoms with Crippen LogP contribution in [0.2, 0.25) is 0 Å². The standard InChI is InChI=1S/C16H31N3O/c1-4-10-18-16(5-2,14-17)9-7-11-19(3)13-15-8-6-12-20-15/h15,18H,4-13H2,1-3H3. The Labute approximate surface area is 124 Å². The highest BCUT2D eigenvalue weighted by atomic mass is 16.5. The van der Waals surface area contributed by atoms with Gasteiger partial charge in [0, 0.05) is 13.2 Å². The second-order valence-electron chi connectivity index (χ2n) is 5.98. The Morgan fingerprint density at radius 2 is 2.25 bits per heavy atom. The molecule has 0 aliphatic carbocycles. The third kappa shape index (κ3) is 5.78. The van der Waals surface area contributed by atoms with E-state index >= 15 is 0 Å². The van der Waals surface area contributed by atoms with E-state index in [9.17, 15) is 5.26 Å². The van der Waals surface area contributed by atoms with Crippen molar-refractivity contribution in [2.24, 2.45) is 0 Å². The topological polar surface area (TPSA) is 48.3 Å². The van der Waals surface area contributed by atoms with E-state index in [1.807, 2.05) is 0 Å². The van der Waals surface area contributed by atoms with E-state index < -0.39 is 0 Å². The first-order chi connectivity index (χ1) is 9.65. The Kier molecular flexibility index (Phi) is 8.13. The summed E-state index contributed by atoms with van der Waals surface area (Å²) in [5.41, 5.74) is -0.333. The summed E-state index contributed by atoms with van der Waals surface area (Å²) in [4.78, 5) is 2.34. The summed E-state index contributed by atoms with van der Waals surface area (Å²) >= 11 is 0. The molecule has 1 aliphatic rings. The van der Waals surface area contributed by atoms with Gasteiger partial charge in [0.1, 0.15) is 5.54 Å². The summed E-state index contributed by atoms with van der Waals surface area (Å²) in [6.45, 7) is 8.15. The highest BCUT2D eigenvalue weighted by molar-refractivity contribution is 5.06. The second-order valence-corrected chi connectivity index (χ2v) is 5.98. The maximum absolute atomic E-state index is 9.45. The van der Waals surface area contributed by atoms with Gasteiger partial charge >= 0.3 is 0 Å². The highest BCUT2D eigenvalue weighted by Gasteiger charge is 2.26. The van der Waals surface area contributed by atoms with Crippen molar-refractivity contribution in [2.75, 3.05) is 33.3 Å². The summed E-state index contributed by atoms with van der Waals surface area (Å²) in [7, 11) is 2.15. The minimum absolute atomic E-state index is 0.333. The van der Waals surface area contributed by atoms with Crippen LogP contribution in [0.5, 0.6) is 0 Å². The maximum Gasteiger partial charge on any atom is 0.106 e. The molecule has 0 aromatic carbocycles. The van der Waals surface area contributed by atoms with E-state index in [-0.39, 0.29) is 5.54 Å².